The van der Waals surface area contributed by atoms with Gasteiger partial charge in [0.2, 0.25) is 0 Å². The molecule has 1 heterocycles. The van der Waals surface area contributed by atoms with Crippen LogP contribution in [0.15, 0.2) is 0 Å². The molecular formula is C9H16O3. The molecule has 0 spiro atoms. The Hall–Kier alpha value is -0.570. The fourth-order valence-corrected chi connectivity index (χ4v) is 1.40. The smallest absolute Gasteiger partial charge is 0.306 e. The van der Waals surface area contributed by atoms with Crippen LogP contribution in [0, 0.1) is 5.92 Å². The maximum atomic E-state index is 10.7. The molecule has 0 aromatic heterocycles. The minimum absolute atomic E-state index is 0.178. The molecule has 1 aliphatic rings. The minimum atomic E-state index is -0.485. The van der Waals surface area contributed by atoms with Crippen molar-refractivity contribution >= 4 is 5.97 Å². The topological polar surface area (TPSA) is 46.5 Å². The van der Waals surface area contributed by atoms with E-state index >= 15 is 0 Å². The summed E-state index contributed by atoms with van der Waals surface area (Å²) in [5, 5.41) is 9.66. The number of aliphatic hydroxyl groups is 1. The molecule has 1 N–H and O–H groups in total. The van der Waals surface area contributed by atoms with Crippen LogP contribution in [0.25, 0.3) is 0 Å². The molecule has 0 aromatic carbocycles. The molecule has 70 valence electrons. The summed E-state index contributed by atoms with van der Waals surface area (Å²) in [4.78, 5) is 10.7. The first-order valence-corrected chi connectivity index (χ1v) is 4.52. The lowest BCUT2D eigenvalue weighted by atomic mass is 9.96. The maximum Gasteiger partial charge on any atom is 0.306 e. The van der Waals surface area contributed by atoms with Crippen LogP contribution in [0.2, 0.25) is 0 Å². The van der Waals surface area contributed by atoms with Crippen LogP contribution >= 0.6 is 0 Å². The van der Waals surface area contributed by atoms with E-state index in [1.54, 1.807) is 0 Å². The average molecular weight is 172 g/mol. The summed E-state index contributed by atoms with van der Waals surface area (Å²) in [5.74, 6) is 0.0308. The van der Waals surface area contributed by atoms with Gasteiger partial charge in [-0.2, -0.15) is 0 Å². The van der Waals surface area contributed by atoms with E-state index in [-0.39, 0.29) is 18.0 Å². The van der Waals surface area contributed by atoms with E-state index in [0.29, 0.717) is 12.8 Å². The quantitative estimate of drug-likeness (QED) is 0.648. The van der Waals surface area contributed by atoms with Gasteiger partial charge < -0.3 is 9.84 Å². The molecule has 0 saturated carbocycles. The Morgan fingerprint density at radius 1 is 1.75 bits per heavy atom. The Morgan fingerprint density at radius 2 is 2.42 bits per heavy atom. The average Bonchev–Trinajstić information content (AvgIpc) is 2.49. The Labute approximate surface area is 72.7 Å². The van der Waals surface area contributed by atoms with Crippen LogP contribution in [0.5, 0.6) is 0 Å². The zero-order chi connectivity index (χ0) is 9.14. The summed E-state index contributed by atoms with van der Waals surface area (Å²) >= 11 is 0. The lowest BCUT2D eigenvalue weighted by Crippen LogP contribution is -2.31. The van der Waals surface area contributed by atoms with Gasteiger partial charge in [0.25, 0.3) is 0 Å². The van der Waals surface area contributed by atoms with Crippen molar-refractivity contribution in [2.45, 2.75) is 45.3 Å². The van der Waals surface area contributed by atoms with E-state index in [1.807, 2.05) is 13.8 Å². The first-order chi connectivity index (χ1) is 5.65. The summed E-state index contributed by atoms with van der Waals surface area (Å²) < 4.78 is 4.96. The van der Waals surface area contributed by atoms with Gasteiger partial charge in [0, 0.05) is 6.42 Å². The summed E-state index contributed by atoms with van der Waals surface area (Å²) in [7, 11) is 0. The Kier molecular flexibility index (Phi) is 3.09. The van der Waals surface area contributed by atoms with E-state index in [4.69, 9.17) is 4.74 Å². The number of carbonyl (C=O) groups excluding carboxylic acids is 1. The van der Waals surface area contributed by atoms with Crippen molar-refractivity contribution in [2.75, 3.05) is 0 Å². The van der Waals surface area contributed by atoms with Crippen LogP contribution < -0.4 is 0 Å². The van der Waals surface area contributed by atoms with Crippen molar-refractivity contribution in [3.63, 3.8) is 0 Å². The molecule has 0 amide bonds. The van der Waals surface area contributed by atoms with Gasteiger partial charge in [0.1, 0.15) is 6.10 Å². The molecular weight excluding hydrogens is 156 g/mol. The number of ether oxygens (including phenoxy) is 1. The molecule has 1 aliphatic heterocycles. The Bertz CT molecular complexity index is 167. The van der Waals surface area contributed by atoms with E-state index < -0.39 is 6.10 Å². The lowest BCUT2D eigenvalue weighted by Gasteiger charge is -2.21. The van der Waals surface area contributed by atoms with E-state index in [1.165, 1.54) is 0 Å². The van der Waals surface area contributed by atoms with Crippen molar-refractivity contribution in [1.29, 1.82) is 0 Å². The minimum Gasteiger partial charge on any atom is -0.460 e. The first kappa shape index (κ1) is 9.52. The van der Waals surface area contributed by atoms with E-state index in [9.17, 15) is 9.90 Å². The molecule has 0 bridgehead atoms. The molecule has 3 heteroatoms. The highest BCUT2D eigenvalue weighted by molar-refractivity contribution is 5.71. The molecule has 3 atom stereocenters. The molecule has 1 saturated heterocycles. The maximum absolute atomic E-state index is 10.7. The number of hydrogen-bond donors (Lipinski definition) is 1. The normalized spacial score (nSPS) is 28.2. The van der Waals surface area contributed by atoms with E-state index in [0.717, 1.165) is 6.42 Å². The van der Waals surface area contributed by atoms with Gasteiger partial charge in [-0.1, -0.05) is 20.3 Å². The van der Waals surface area contributed by atoms with Crippen molar-refractivity contribution in [3.8, 4) is 0 Å². The van der Waals surface area contributed by atoms with Crippen LogP contribution in [0.1, 0.15) is 33.1 Å². The molecule has 0 radical (unpaired) electrons. The zero-order valence-corrected chi connectivity index (χ0v) is 7.62. The highest BCUT2D eigenvalue weighted by Gasteiger charge is 2.32. The third-order valence-electron chi connectivity index (χ3n) is 2.52. The number of cyclic esters (lactones) is 1. The van der Waals surface area contributed by atoms with Crippen molar-refractivity contribution in [1.82, 2.24) is 0 Å². The van der Waals surface area contributed by atoms with Crippen LogP contribution in [-0.2, 0) is 9.53 Å². The summed E-state index contributed by atoms with van der Waals surface area (Å²) in [5.41, 5.74) is 0. The molecule has 0 aromatic rings. The molecule has 0 unspecified atom stereocenters. The first-order valence-electron chi connectivity index (χ1n) is 4.52. The highest BCUT2D eigenvalue weighted by atomic mass is 16.6. The number of hydrogen-bond acceptors (Lipinski definition) is 3. The van der Waals surface area contributed by atoms with Crippen molar-refractivity contribution in [2.24, 2.45) is 5.92 Å². The molecule has 1 fully saturated rings. The second-order valence-corrected chi connectivity index (χ2v) is 3.44. The molecule has 0 aliphatic carbocycles. The molecule has 1 rings (SSSR count). The van der Waals surface area contributed by atoms with Gasteiger partial charge in [0.15, 0.2) is 0 Å². The fourth-order valence-electron chi connectivity index (χ4n) is 1.40. The molecule has 12 heavy (non-hydrogen) atoms. The Morgan fingerprint density at radius 3 is 2.83 bits per heavy atom. The third kappa shape index (κ3) is 1.97. The van der Waals surface area contributed by atoms with Crippen LogP contribution in [-0.4, -0.2) is 23.3 Å². The van der Waals surface area contributed by atoms with Gasteiger partial charge in [0.05, 0.1) is 6.10 Å². The van der Waals surface area contributed by atoms with Gasteiger partial charge in [-0.3, -0.25) is 4.79 Å². The Balaban J connectivity index is 2.42. The fraction of sp³-hybridized carbons (Fsp3) is 0.889. The summed E-state index contributed by atoms with van der Waals surface area (Å²) in [6, 6.07) is 0. The SMILES string of the molecule is CC[C@@H](C)[C@H](O)[C@@H]1CCC(=O)O1. The van der Waals surface area contributed by atoms with Gasteiger partial charge >= 0.3 is 5.97 Å². The van der Waals surface area contributed by atoms with Crippen molar-refractivity contribution < 1.29 is 14.6 Å². The highest BCUT2D eigenvalue weighted by Crippen LogP contribution is 2.22. The number of aliphatic hydroxyl groups excluding tert-OH is 1. The van der Waals surface area contributed by atoms with Crippen molar-refractivity contribution in [3.05, 3.63) is 0 Å². The number of carbonyl (C=O) groups is 1. The summed E-state index contributed by atoms with van der Waals surface area (Å²) in [6.45, 7) is 3.99. The number of rotatable bonds is 3. The van der Waals surface area contributed by atoms with Gasteiger partial charge in [-0.15, -0.1) is 0 Å². The van der Waals surface area contributed by atoms with Gasteiger partial charge in [-0.25, -0.2) is 0 Å². The van der Waals surface area contributed by atoms with Gasteiger partial charge in [-0.05, 0) is 12.3 Å². The third-order valence-corrected chi connectivity index (χ3v) is 2.52. The van der Waals surface area contributed by atoms with E-state index in [2.05, 4.69) is 0 Å². The lowest BCUT2D eigenvalue weighted by molar-refractivity contribution is -0.146. The van der Waals surface area contributed by atoms with Crippen LogP contribution in [0.3, 0.4) is 0 Å². The second kappa shape index (κ2) is 3.90. The van der Waals surface area contributed by atoms with Crippen LogP contribution in [0.4, 0.5) is 0 Å². The second-order valence-electron chi connectivity index (χ2n) is 3.44. The predicted octanol–water partition coefficient (Wildman–Crippen LogP) is 1.10. The monoisotopic (exact) mass is 172 g/mol. The standard InChI is InChI=1S/C9H16O3/c1-3-6(2)9(11)7-4-5-8(10)12-7/h6-7,9,11H,3-5H2,1-2H3/t6-,7+,9+/m1/s1. The molecule has 3 nitrogen and oxygen atoms in total. The summed E-state index contributed by atoms with van der Waals surface area (Å²) in [6.07, 6.45) is 1.30. The number of esters is 1. The zero-order valence-electron chi connectivity index (χ0n) is 7.62. The predicted molar refractivity (Wildman–Crippen MR) is 44.6 cm³/mol. The largest absolute Gasteiger partial charge is 0.460 e.